The van der Waals surface area contributed by atoms with E-state index in [1.54, 1.807) is 0 Å². The second-order valence-corrected chi connectivity index (χ2v) is 4.09. The number of allylic oxidation sites excluding steroid dienone is 8. The molecule has 0 aromatic carbocycles. The van der Waals surface area contributed by atoms with Gasteiger partial charge in [0.25, 0.3) is 0 Å². The summed E-state index contributed by atoms with van der Waals surface area (Å²) in [6.07, 6.45) is 29.0. The molecule has 0 saturated carbocycles. The van der Waals surface area contributed by atoms with E-state index in [2.05, 4.69) is 36.5 Å². The van der Waals surface area contributed by atoms with Gasteiger partial charge in [0.05, 0.1) is 0 Å². The van der Waals surface area contributed by atoms with Crippen molar-refractivity contribution >= 4 is 0 Å². The first-order valence-corrected chi connectivity index (χ1v) is 6.43. The van der Waals surface area contributed by atoms with Crippen molar-refractivity contribution in [3.63, 3.8) is 0 Å². The van der Waals surface area contributed by atoms with Crippen LogP contribution in [0.5, 0.6) is 0 Å². The number of hydrogen-bond acceptors (Lipinski definition) is 0. The van der Waals surface area contributed by atoms with Gasteiger partial charge in [-0.2, -0.15) is 12.2 Å². The van der Waals surface area contributed by atoms with E-state index in [0.29, 0.717) is 0 Å². The van der Waals surface area contributed by atoms with Crippen LogP contribution in [0, 0.1) is 12.2 Å². The number of hydrogen-bond donors (Lipinski definition) is 0. The average Bonchev–Trinajstić information content (AvgIpc) is 2.15. The zero-order valence-corrected chi connectivity index (χ0v) is 12.2. The van der Waals surface area contributed by atoms with Crippen LogP contribution < -0.4 is 0 Å². The van der Waals surface area contributed by atoms with E-state index < -0.39 is 0 Å². The molecule has 0 atom stereocenters. The van der Waals surface area contributed by atoms with E-state index in [9.17, 15) is 0 Å². The Bertz CT molecular complexity index is 203. The topological polar surface area (TPSA) is 0 Å². The molecule has 0 aromatic rings. The summed E-state index contributed by atoms with van der Waals surface area (Å²) in [5.41, 5.74) is 0. The normalized spacial score (nSPS) is 18.8. The van der Waals surface area contributed by atoms with Crippen LogP contribution in [0.25, 0.3) is 0 Å². The average molecular weight is 315 g/mol. The van der Waals surface area contributed by atoms with E-state index in [1.165, 1.54) is 38.5 Å². The minimum Gasteiger partial charge on any atom is -0.275 e. The fourth-order valence-corrected chi connectivity index (χ4v) is 1.61. The van der Waals surface area contributed by atoms with Gasteiger partial charge in [-0.15, -0.1) is 12.8 Å². The first-order chi connectivity index (χ1) is 8.00. The van der Waals surface area contributed by atoms with Gasteiger partial charge in [-0.1, -0.05) is 38.5 Å². The first kappa shape index (κ1) is 16.6. The molecule has 0 nitrogen and oxygen atoms in total. The van der Waals surface area contributed by atoms with Crippen LogP contribution in [0.3, 0.4) is 0 Å². The predicted molar refractivity (Wildman–Crippen MR) is 70.8 cm³/mol. The van der Waals surface area contributed by atoms with Gasteiger partial charge in [-0.25, -0.2) is 24.3 Å². The Morgan fingerprint density at radius 1 is 0.647 bits per heavy atom. The van der Waals surface area contributed by atoms with E-state index in [0.717, 1.165) is 12.8 Å². The molecule has 0 saturated heterocycles. The Balaban J connectivity index is 0.000000284. The molecule has 0 unspecified atom stereocenters. The molecule has 94 valence electrons. The van der Waals surface area contributed by atoms with Gasteiger partial charge in [0, 0.05) is 0 Å². The van der Waals surface area contributed by atoms with E-state index in [4.69, 9.17) is 0 Å². The summed E-state index contributed by atoms with van der Waals surface area (Å²) < 4.78 is 0. The Morgan fingerprint density at radius 2 is 1.12 bits per heavy atom. The third kappa shape index (κ3) is 11.8. The summed E-state index contributed by atoms with van der Waals surface area (Å²) in [6.45, 7) is 0. The molecule has 0 spiro atoms. The zero-order chi connectivity index (χ0) is 11.3. The Hall–Kier alpha value is -0.417. The smallest absolute Gasteiger partial charge is 0.275 e. The molecule has 0 bridgehead atoms. The second-order valence-electron chi connectivity index (χ2n) is 4.09. The minimum absolute atomic E-state index is 0. The van der Waals surface area contributed by atoms with Crippen LogP contribution >= 0.6 is 0 Å². The molecule has 0 radical (unpaired) electrons. The minimum atomic E-state index is 0. The fourth-order valence-electron chi connectivity index (χ4n) is 1.61. The molecular weight excluding hydrogens is 293 g/mol. The van der Waals surface area contributed by atoms with E-state index in [-0.39, 0.29) is 19.5 Å². The Morgan fingerprint density at radius 3 is 1.59 bits per heavy atom. The predicted octanol–water partition coefficient (Wildman–Crippen LogP) is 4.95. The van der Waals surface area contributed by atoms with Crippen molar-refractivity contribution in [2.45, 2.75) is 51.4 Å². The molecule has 0 heterocycles. The molecule has 0 fully saturated rings. The van der Waals surface area contributed by atoms with Crippen molar-refractivity contribution in [2.75, 3.05) is 0 Å². The van der Waals surface area contributed by atoms with Crippen molar-refractivity contribution in [2.24, 2.45) is 0 Å². The molecule has 0 amide bonds. The summed E-state index contributed by atoms with van der Waals surface area (Å²) in [5, 5.41) is 0. The monoisotopic (exact) mass is 316 g/mol. The van der Waals surface area contributed by atoms with Crippen molar-refractivity contribution < 1.29 is 19.5 Å². The van der Waals surface area contributed by atoms with Crippen LogP contribution in [0.1, 0.15) is 51.4 Å². The van der Waals surface area contributed by atoms with Crippen LogP contribution in [-0.2, 0) is 19.5 Å². The molecular formula is C16H22Ru. The molecule has 0 aromatic heterocycles. The third-order valence-corrected chi connectivity index (χ3v) is 2.58. The van der Waals surface area contributed by atoms with Crippen molar-refractivity contribution in [1.82, 2.24) is 0 Å². The maximum absolute atomic E-state index is 3.18. The van der Waals surface area contributed by atoms with Crippen molar-refractivity contribution in [3.8, 4) is 0 Å². The molecule has 17 heavy (non-hydrogen) atoms. The summed E-state index contributed by atoms with van der Waals surface area (Å²) in [6, 6.07) is 0. The van der Waals surface area contributed by atoms with Crippen LogP contribution in [0.15, 0.2) is 36.5 Å². The Kier molecular flexibility index (Phi) is 13.3. The summed E-state index contributed by atoms with van der Waals surface area (Å²) >= 11 is 0. The van der Waals surface area contributed by atoms with Crippen LogP contribution in [-0.4, -0.2) is 0 Å². The largest absolute Gasteiger partial charge is 2.00 e. The maximum atomic E-state index is 3.18. The molecule has 0 N–H and O–H groups in total. The molecule has 2 aliphatic rings. The van der Waals surface area contributed by atoms with Gasteiger partial charge in [0.1, 0.15) is 0 Å². The van der Waals surface area contributed by atoms with Crippen molar-refractivity contribution in [3.05, 3.63) is 48.6 Å². The van der Waals surface area contributed by atoms with Gasteiger partial charge in [0.15, 0.2) is 0 Å². The standard InChI is InChI=1S/2C8H11.Ru/c2*1-2-4-6-8-7-5-3-1;/h2*1-3H,4,6-8H2;/q2*-1;+2. The molecule has 2 rings (SSSR count). The first-order valence-electron chi connectivity index (χ1n) is 6.43. The third-order valence-electron chi connectivity index (χ3n) is 2.58. The Labute approximate surface area is 119 Å². The van der Waals surface area contributed by atoms with Gasteiger partial charge in [0.2, 0.25) is 0 Å². The van der Waals surface area contributed by atoms with Crippen LogP contribution in [0.4, 0.5) is 0 Å². The molecule has 2 aliphatic carbocycles. The summed E-state index contributed by atoms with van der Waals surface area (Å²) in [5.74, 6) is 0. The zero-order valence-electron chi connectivity index (χ0n) is 10.5. The van der Waals surface area contributed by atoms with Gasteiger partial charge < -0.3 is 0 Å². The van der Waals surface area contributed by atoms with Gasteiger partial charge in [-0.3, -0.25) is 12.2 Å². The fraction of sp³-hybridized carbons (Fsp3) is 0.500. The molecule has 0 aliphatic heterocycles. The van der Waals surface area contributed by atoms with Gasteiger partial charge >= 0.3 is 19.5 Å². The second kappa shape index (κ2) is 13.6. The SMILES string of the molecule is [C-]1=CC=CCCCC1.[C-]1=CC=CCCCC1.[Ru+2]. The van der Waals surface area contributed by atoms with E-state index >= 15 is 0 Å². The number of rotatable bonds is 0. The molecule has 1 heteroatoms. The summed E-state index contributed by atoms with van der Waals surface area (Å²) in [7, 11) is 0. The van der Waals surface area contributed by atoms with Crippen LogP contribution in [0.2, 0.25) is 0 Å². The summed E-state index contributed by atoms with van der Waals surface area (Å²) in [4.78, 5) is 0. The maximum Gasteiger partial charge on any atom is 2.00 e. The quantitative estimate of drug-likeness (QED) is 0.438. The van der Waals surface area contributed by atoms with Gasteiger partial charge in [-0.05, 0) is 0 Å². The van der Waals surface area contributed by atoms with E-state index in [1.807, 2.05) is 12.2 Å². The van der Waals surface area contributed by atoms with Crippen molar-refractivity contribution in [1.29, 1.82) is 0 Å².